The molecule has 3 N–H and O–H groups in total. The van der Waals surface area contributed by atoms with Gasteiger partial charge in [-0.15, -0.1) is 24.8 Å². The second-order valence-corrected chi connectivity index (χ2v) is 7.58. The van der Waals surface area contributed by atoms with Crippen LogP contribution in [0.25, 0.3) is 0 Å². The molecule has 1 amide bonds. The lowest BCUT2D eigenvalue weighted by Gasteiger charge is -2.31. The van der Waals surface area contributed by atoms with E-state index in [1.165, 1.54) is 37.1 Å². The standard InChI is InChI=1S/C20H33N3O.2ClH/c1-4-11-20(3,21)19(24)22-14-17-7-5-6-8-18(17)15-23-12-9-16(2)10-13-23;;/h5-8,16H,4,9-15,21H2,1-3H3,(H,22,24);2*1H. The molecule has 6 heteroatoms. The second kappa shape index (κ2) is 11.8. The van der Waals surface area contributed by atoms with Crippen LogP contribution in [-0.4, -0.2) is 29.4 Å². The van der Waals surface area contributed by atoms with Gasteiger partial charge in [0, 0.05) is 13.1 Å². The van der Waals surface area contributed by atoms with Crippen molar-refractivity contribution in [3.05, 3.63) is 35.4 Å². The highest BCUT2D eigenvalue weighted by molar-refractivity contribution is 5.86. The van der Waals surface area contributed by atoms with Crippen LogP contribution in [0.3, 0.4) is 0 Å². The Morgan fingerprint density at radius 2 is 1.81 bits per heavy atom. The number of amides is 1. The first-order chi connectivity index (χ1) is 11.4. The molecule has 1 aromatic carbocycles. The number of halogens is 2. The van der Waals surface area contributed by atoms with Gasteiger partial charge in [-0.05, 0) is 56.3 Å². The first-order valence-corrected chi connectivity index (χ1v) is 9.28. The SMILES string of the molecule is CCCC(C)(N)C(=O)NCc1ccccc1CN1CCC(C)CC1.Cl.Cl. The minimum absolute atomic E-state index is 0. The van der Waals surface area contributed by atoms with Crippen molar-refractivity contribution in [2.45, 2.75) is 65.1 Å². The summed E-state index contributed by atoms with van der Waals surface area (Å²) in [7, 11) is 0. The Balaban J connectivity index is 0.00000312. The Morgan fingerprint density at radius 1 is 1.23 bits per heavy atom. The Labute approximate surface area is 171 Å². The first-order valence-electron chi connectivity index (χ1n) is 9.28. The van der Waals surface area contributed by atoms with Gasteiger partial charge in [0.15, 0.2) is 0 Å². The van der Waals surface area contributed by atoms with Gasteiger partial charge in [0.25, 0.3) is 0 Å². The van der Waals surface area contributed by atoms with Gasteiger partial charge in [-0.1, -0.05) is 44.5 Å². The molecule has 4 nitrogen and oxygen atoms in total. The van der Waals surface area contributed by atoms with Crippen LogP contribution in [0.4, 0.5) is 0 Å². The molecular formula is C20H35Cl2N3O. The van der Waals surface area contributed by atoms with Crippen LogP contribution in [-0.2, 0) is 17.9 Å². The third kappa shape index (κ3) is 7.43. The predicted octanol–water partition coefficient (Wildman–Crippen LogP) is 3.90. The molecule has 1 aliphatic heterocycles. The molecule has 1 saturated heterocycles. The molecule has 0 saturated carbocycles. The Morgan fingerprint density at radius 3 is 2.38 bits per heavy atom. The fraction of sp³-hybridized carbons (Fsp3) is 0.650. The summed E-state index contributed by atoms with van der Waals surface area (Å²) >= 11 is 0. The highest BCUT2D eigenvalue weighted by Crippen LogP contribution is 2.20. The molecule has 0 radical (unpaired) electrons. The summed E-state index contributed by atoms with van der Waals surface area (Å²) in [4.78, 5) is 14.8. The third-order valence-electron chi connectivity index (χ3n) is 5.12. The monoisotopic (exact) mass is 403 g/mol. The van der Waals surface area contributed by atoms with Crippen LogP contribution < -0.4 is 11.1 Å². The lowest BCUT2D eigenvalue weighted by Crippen LogP contribution is -2.51. The minimum atomic E-state index is -0.785. The lowest BCUT2D eigenvalue weighted by atomic mass is 9.96. The number of rotatable bonds is 7. The molecule has 1 aliphatic rings. The molecule has 1 unspecified atom stereocenters. The van der Waals surface area contributed by atoms with Crippen molar-refractivity contribution < 1.29 is 4.79 Å². The fourth-order valence-electron chi connectivity index (χ4n) is 3.36. The van der Waals surface area contributed by atoms with Gasteiger partial charge in [-0.2, -0.15) is 0 Å². The van der Waals surface area contributed by atoms with Gasteiger partial charge >= 0.3 is 0 Å². The van der Waals surface area contributed by atoms with E-state index in [1.54, 1.807) is 0 Å². The van der Waals surface area contributed by atoms with Gasteiger partial charge in [0.1, 0.15) is 0 Å². The molecule has 150 valence electrons. The first kappa shape index (κ1) is 25.2. The number of nitrogens with one attached hydrogen (secondary N) is 1. The molecule has 1 fully saturated rings. The number of hydrogen-bond acceptors (Lipinski definition) is 3. The molecule has 0 aliphatic carbocycles. The summed E-state index contributed by atoms with van der Waals surface area (Å²) in [5.41, 5.74) is 7.83. The van der Waals surface area contributed by atoms with Gasteiger partial charge in [-0.3, -0.25) is 9.69 Å². The molecule has 1 atom stereocenters. The number of carbonyl (C=O) groups is 1. The van der Waals surface area contributed by atoms with Crippen molar-refractivity contribution >= 4 is 30.7 Å². The van der Waals surface area contributed by atoms with Crippen molar-refractivity contribution in [1.29, 1.82) is 0 Å². The number of benzene rings is 1. The van der Waals surface area contributed by atoms with Crippen molar-refractivity contribution in [3.8, 4) is 0 Å². The van der Waals surface area contributed by atoms with Gasteiger partial charge in [0.05, 0.1) is 5.54 Å². The van der Waals surface area contributed by atoms with Crippen molar-refractivity contribution in [3.63, 3.8) is 0 Å². The number of nitrogens with zero attached hydrogens (tertiary/aromatic N) is 1. The maximum Gasteiger partial charge on any atom is 0.240 e. The van der Waals surface area contributed by atoms with Crippen LogP contribution in [0.1, 0.15) is 57.6 Å². The molecular weight excluding hydrogens is 369 g/mol. The molecule has 0 aromatic heterocycles. The van der Waals surface area contributed by atoms with Gasteiger partial charge < -0.3 is 11.1 Å². The fourth-order valence-corrected chi connectivity index (χ4v) is 3.36. The molecule has 26 heavy (non-hydrogen) atoms. The number of piperidine rings is 1. The number of nitrogens with two attached hydrogens (primary N) is 1. The average molecular weight is 404 g/mol. The highest BCUT2D eigenvalue weighted by Gasteiger charge is 2.26. The summed E-state index contributed by atoms with van der Waals surface area (Å²) in [5.74, 6) is 0.780. The van der Waals surface area contributed by atoms with E-state index in [-0.39, 0.29) is 30.7 Å². The Kier molecular flexibility index (Phi) is 11.4. The largest absolute Gasteiger partial charge is 0.350 e. The van der Waals surface area contributed by atoms with E-state index in [1.807, 2.05) is 19.9 Å². The van der Waals surface area contributed by atoms with E-state index in [4.69, 9.17) is 5.73 Å². The number of likely N-dealkylation sites (tertiary alicyclic amines) is 1. The smallest absolute Gasteiger partial charge is 0.240 e. The summed E-state index contributed by atoms with van der Waals surface area (Å²) in [6.45, 7) is 10.0. The van der Waals surface area contributed by atoms with Gasteiger partial charge in [-0.25, -0.2) is 0 Å². The Hall–Kier alpha value is -0.810. The maximum atomic E-state index is 12.3. The van der Waals surface area contributed by atoms with E-state index < -0.39 is 5.54 Å². The van der Waals surface area contributed by atoms with Crippen molar-refractivity contribution in [2.24, 2.45) is 11.7 Å². The number of hydrogen-bond donors (Lipinski definition) is 2. The predicted molar refractivity (Wildman–Crippen MR) is 114 cm³/mol. The lowest BCUT2D eigenvalue weighted by molar-refractivity contribution is -0.126. The zero-order valence-corrected chi connectivity index (χ0v) is 17.9. The molecule has 2 rings (SSSR count). The zero-order chi connectivity index (χ0) is 17.6. The zero-order valence-electron chi connectivity index (χ0n) is 16.3. The van der Waals surface area contributed by atoms with Crippen LogP contribution in [0.2, 0.25) is 0 Å². The van der Waals surface area contributed by atoms with E-state index in [0.29, 0.717) is 13.0 Å². The highest BCUT2D eigenvalue weighted by atomic mass is 35.5. The van der Waals surface area contributed by atoms with Crippen molar-refractivity contribution in [1.82, 2.24) is 10.2 Å². The van der Waals surface area contributed by atoms with E-state index in [9.17, 15) is 4.79 Å². The Bertz CT molecular complexity index is 544. The van der Waals surface area contributed by atoms with Crippen LogP contribution >= 0.6 is 24.8 Å². The topological polar surface area (TPSA) is 58.4 Å². The normalized spacial score (nSPS) is 17.5. The average Bonchev–Trinajstić information content (AvgIpc) is 2.55. The van der Waals surface area contributed by atoms with Gasteiger partial charge in [0.2, 0.25) is 5.91 Å². The summed E-state index contributed by atoms with van der Waals surface area (Å²) in [6, 6.07) is 8.40. The third-order valence-corrected chi connectivity index (χ3v) is 5.12. The summed E-state index contributed by atoms with van der Waals surface area (Å²) in [5, 5.41) is 3.03. The summed E-state index contributed by atoms with van der Waals surface area (Å²) < 4.78 is 0. The maximum absolute atomic E-state index is 12.3. The van der Waals surface area contributed by atoms with E-state index >= 15 is 0 Å². The molecule has 1 aromatic rings. The molecule has 0 bridgehead atoms. The minimum Gasteiger partial charge on any atom is -0.350 e. The number of carbonyl (C=O) groups excluding carboxylic acids is 1. The quantitative estimate of drug-likeness (QED) is 0.725. The molecule has 1 heterocycles. The van der Waals surface area contributed by atoms with E-state index in [2.05, 4.69) is 35.3 Å². The van der Waals surface area contributed by atoms with Crippen LogP contribution in [0, 0.1) is 5.92 Å². The van der Waals surface area contributed by atoms with Crippen molar-refractivity contribution in [2.75, 3.05) is 13.1 Å². The molecule has 0 spiro atoms. The summed E-state index contributed by atoms with van der Waals surface area (Å²) in [6.07, 6.45) is 4.17. The van der Waals surface area contributed by atoms with Crippen LogP contribution in [0.15, 0.2) is 24.3 Å². The van der Waals surface area contributed by atoms with E-state index in [0.717, 1.165) is 18.9 Å². The second-order valence-electron chi connectivity index (χ2n) is 7.58. The van der Waals surface area contributed by atoms with Crippen LogP contribution in [0.5, 0.6) is 0 Å².